The fourth-order valence-corrected chi connectivity index (χ4v) is 5.11. The third-order valence-electron chi connectivity index (χ3n) is 5.49. The maximum atomic E-state index is 13.2. The predicted molar refractivity (Wildman–Crippen MR) is 116 cm³/mol. The fourth-order valence-electron chi connectivity index (χ4n) is 3.78. The quantitative estimate of drug-likeness (QED) is 0.606. The maximum absolute atomic E-state index is 13.2. The van der Waals surface area contributed by atoms with Gasteiger partial charge in [0.25, 0.3) is 0 Å². The Morgan fingerprint density at radius 2 is 1.57 bits per heavy atom. The summed E-state index contributed by atoms with van der Waals surface area (Å²) in [5.41, 5.74) is 3.06. The van der Waals surface area contributed by atoms with Crippen LogP contribution in [-0.4, -0.2) is 33.1 Å². The third-order valence-corrected chi connectivity index (χ3v) is 7.30. The second-order valence-electron chi connectivity index (χ2n) is 7.46. The molecule has 0 saturated carbocycles. The molecule has 30 heavy (non-hydrogen) atoms. The SMILES string of the molecule is COc1ccc([C@H]2CN(S(=O)(=O)c3ccc(C)cc3)CO[C@@H]2c2ccccc2)cc1. The van der Waals surface area contributed by atoms with Crippen LogP contribution in [0.25, 0.3) is 0 Å². The molecule has 5 nitrogen and oxygen atoms in total. The van der Waals surface area contributed by atoms with E-state index in [1.54, 1.807) is 19.2 Å². The van der Waals surface area contributed by atoms with Crippen LogP contribution in [0.3, 0.4) is 0 Å². The van der Waals surface area contributed by atoms with E-state index < -0.39 is 10.0 Å². The van der Waals surface area contributed by atoms with Gasteiger partial charge >= 0.3 is 0 Å². The Balaban J connectivity index is 1.68. The van der Waals surface area contributed by atoms with Gasteiger partial charge in [0.15, 0.2) is 0 Å². The first-order valence-corrected chi connectivity index (χ1v) is 11.3. The average molecular weight is 424 g/mol. The Morgan fingerprint density at radius 1 is 0.900 bits per heavy atom. The van der Waals surface area contributed by atoms with Gasteiger partial charge in [-0.05, 0) is 42.3 Å². The number of sulfonamides is 1. The summed E-state index contributed by atoms with van der Waals surface area (Å²) in [6.07, 6.45) is -0.232. The van der Waals surface area contributed by atoms with Crippen LogP contribution in [0.1, 0.15) is 28.7 Å². The van der Waals surface area contributed by atoms with Gasteiger partial charge in [-0.2, -0.15) is 4.31 Å². The van der Waals surface area contributed by atoms with Crippen LogP contribution >= 0.6 is 0 Å². The lowest BCUT2D eigenvalue weighted by Gasteiger charge is -2.38. The molecule has 0 bridgehead atoms. The Labute approximate surface area is 177 Å². The number of benzene rings is 3. The molecule has 0 unspecified atom stereocenters. The molecule has 3 aromatic carbocycles. The van der Waals surface area contributed by atoms with E-state index in [0.29, 0.717) is 6.54 Å². The first-order chi connectivity index (χ1) is 14.5. The summed E-state index contributed by atoms with van der Waals surface area (Å²) in [6, 6.07) is 24.6. The normalized spacial score (nSPS) is 20.1. The number of aryl methyl sites for hydroxylation is 1. The van der Waals surface area contributed by atoms with Crippen molar-refractivity contribution in [1.82, 2.24) is 4.31 Å². The Hall–Kier alpha value is -2.67. The zero-order valence-electron chi connectivity index (χ0n) is 17.1. The smallest absolute Gasteiger partial charge is 0.245 e. The highest BCUT2D eigenvalue weighted by molar-refractivity contribution is 7.89. The summed E-state index contributed by atoms with van der Waals surface area (Å²) >= 11 is 0. The van der Waals surface area contributed by atoms with Crippen LogP contribution in [-0.2, 0) is 14.8 Å². The number of rotatable bonds is 5. The average Bonchev–Trinajstić information content (AvgIpc) is 2.79. The van der Waals surface area contributed by atoms with Crippen LogP contribution < -0.4 is 4.74 Å². The van der Waals surface area contributed by atoms with E-state index in [0.717, 1.165) is 22.4 Å². The molecule has 1 aliphatic heterocycles. The largest absolute Gasteiger partial charge is 0.497 e. The molecular weight excluding hydrogens is 398 g/mol. The van der Waals surface area contributed by atoms with E-state index in [2.05, 4.69) is 0 Å². The van der Waals surface area contributed by atoms with Crippen molar-refractivity contribution in [1.29, 1.82) is 0 Å². The summed E-state index contributed by atoms with van der Waals surface area (Å²) in [5, 5.41) is 0. The summed E-state index contributed by atoms with van der Waals surface area (Å²) in [7, 11) is -2.03. The van der Waals surface area contributed by atoms with Crippen molar-refractivity contribution in [3.63, 3.8) is 0 Å². The van der Waals surface area contributed by atoms with Gasteiger partial charge in [-0.15, -0.1) is 0 Å². The van der Waals surface area contributed by atoms with Crippen molar-refractivity contribution in [2.45, 2.75) is 23.8 Å². The van der Waals surface area contributed by atoms with Crippen molar-refractivity contribution in [3.8, 4) is 5.75 Å². The van der Waals surface area contributed by atoms with E-state index in [1.165, 1.54) is 4.31 Å². The van der Waals surface area contributed by atoms with Gasteiger partial charge in [-0.1, -0.05) is 60.2 Å². The zero-order valence-corrected chi connectivity index (χ0v) is 17.9. The molecule has 0 aromatic heterocycles. The number of hydrogen-bond donors (Lipinski definition) is 0. The topological polar surface area (TPSA) is 55.8 Å². The second kappa shape index (κ2) is 8.60. The summed E-state index contributed by atoms with van der Waals surface area (Å²) < 4.78 is 39.3. The standard InChI is InChI=1S/C24H25NO4S/c1-18-8-14-22(15-9-18)30(26,27)25-16-23(19-10-12-21(28-2)13-11-19)24(29-17-25)20-6-4-3-5-7-20/h3-15,23-24H,16-17H2,1-2H3/t23-,24-/m1/s1. The molecule has 1 aliphatic rings. The summed E-state index contributed by atoms with van der Waals surface area (Å²) in [6.45, 7) is 2.29. The highest BCUT2D eigenvalue weighted by Crippen LogP contribution is 2.39. The van der Waals surface area contributed by atoms with Crippen molar-refractivity contribution in [2.24, 2.45) is 0 Å². The third kappa shape index (κ3) is 4.12. The minimum atomic E-state index is -3.65. The minimum absolute atomic E-state index is 0.0163. The van der Waals surface area contributed by atoms with E-state index in [-0.39, 0.29) is 23.6 Å². The lowest BCUT2D eigenvalue weighted by atomic mass is 9.88. The van der Waals surface area contributed by atoms with E-state index in [9.17, 15) is 8.42 Å². The first kappa shape index (κ1) is 20.6. The highest BCUT2D eigenvalue weighted by atomic mass is 32.2. The van der Waals surface area contributed by atoms with Crippen molar-refractivity contribution in [2.75, 3.05) is 20.4 Å². The van der Waals surface area contributed by atoms with Gasteiger partial charge in [-0.25, -0.2) is 8.42 Å². The van der Waals surface area contributed by atoms with Crippen LogP contribution in [0.15, 0.2) is 83.8 Å². The summed E-state index contributed by atoms with van der Waals surface area (Å²) in [4.78, 5) is 0.281. The Morgan fingerprint density at radius 3 is 2.20 bits per heavy atom. The molecule has 1 fully saturated rings. The van der Waals surface area contributed by atoms with Crippen LogP contribution in [0.4, 0.5) is 0 Å². The monoisotopic (exact) mass is 423 g/mol. The van der Waals surface area contributed by atoms with Crippen molar-refractivity contribution in [3.05, 3.63) is 95.6 Å². The van der Waals surface area contributed by atoms with Gasteiger partial charge in [0.2, 0.25) is 10.0 Å². The molecule has 156 valence electrons. The molecular formula is C24H25NO4S. The van der Waals surface area contributed by atoms with Gasteiger partial charge in [0, 0.05) is 12.5 Å². The second-order valence-corrected chi connectivity index (χ2v) is 9.40. The maximum Gasteiger partial charge on any atom is 0.245 e. The lowest BCUT2D eigenvalue weighted by molar-refractivity contribution is -0.0511. The Bertz CT molecular complexity index is 1080. The molecule has 6 heteroatoms. The molecule has 1 saturated heterocycles. The number of hydrogen-bond acceptors (Lipinski definition) is 4. The first-order valence-electron chi connectivity index (χ1n) is 9.86. The minimum Gasteiger partial charge on any atom is -0.497 e. The van der Waals surface area contributed by atoms with Crippen LogP contribution in [0, 0.1) is 6.92 Å². The lowest BCUT2D eigenvalue weighted by Crippen LogP contribution is -2.43. The van der Waals surface area contributed by atoms with Crippen LogP contribution in [0.2, 0.25) is 0 Å². The van der Waals surface area contributed by atoms with E-state index >= 15 is 0 Å². The highest BCUT2D eigenvalue weighted by Gasteiger charge is 2.37. The molecule has 3 aromatic rings. The van der Waals surface area contributed by atoms with Gasteiger partial charge in [0.1, 0.15) is 12.5 Å². The molecule has 1 heterocycles. The molecule has 0 N–H and O–H groups in total. The molecule has 0 aliphatic carbocycles. The summed E-state index contributed by atoms with van der Waals surface area (Å²) in [5.74, 6) is 0.614. The number of ether oxygens (including phenoxy) is 2. The molecule has 4 rings (SSSR count). The van der Waals surface area contributed by atoms with E-state index in [1.807, 2.05) is 73.7 Å². The molecule has 0 spiro atoms. The number of methoxy groups -OCH3 is 1. The van der Waals surface area contributed by atoms with Gasteiger partial charge in [-0.3, -0.25) is 0 Å². The van der Waals surface area contributed by atoms with Crippen molar-refractivity contribution < 1.29 is 17.9 Å². The van der Waals surface area contributed by atoms with Crippen molar-refractivity contribution >= 4 is 10.0 Å². The molecule has 0 amide bonds. The van der Waals surface area contributed by atoms with Gasteiger partial charge < -0.3 is 9.47 Å². The fraction of sp³-hybridized carbons (Fsp3) is 0.250. The number of nitrogens with zero attached hydrogens (tertiary/aromatic N) is 1. The predicted octanol–water partition coefficient (Wildman–Crippen LogP) is 4.51. The van der Waals surface area contributed by atoms with E-state index in [4.69, 9.17) is 9.47 Å². The van der Waals surface area contributed by atoms with Crippen LogP contribution in [0.5, 0.6) is 5.75 Å². The van der Waals surface area contributed by atoms with Gasteiger partial charge in [0.05, 0.1) is 18.1 Å². The molecule has 0 radical (unpaired) electrons. The molecule has 2 atom stereocenters. The Kier molecular flexibility index (Phi) is 5.90. The zero-order chi connectivity index (χ0) is 21.1.